The number of carbonyl (C=O) groups is 3. The molecule has 0 aliphatic carbocycles. The average Bonchev–Trinajstić information content (AvgIpc) is 3.15. The van der Waals surface area contributed by atoms with Crippen LogP contribution >= 0.6 is 0 Å². The molecule has 2 saturated heterocycles. The first-order valence-corrected chi connectivity index (χ1v) is 9.72. The van der Waals surface area contributed by atoms with Crippen LogP contribution in [0, 0.1) is 11.7 Å². The Hall–Kier alpha value is -3.22. The monoisotopic (exact) mass is 395 g/mol. The van der Waals surface area contributed by atoms with Crippen LogP contribution in [-0.4, -0.2) is 60.2 Å². The van der Waals surface area contributed by atoms with E-state index in [9.17, 15) is 18.8 Å². The topological polar surface area (TPSA) is 60.9 Å². The van der Waals surface area contributed by atoms with Gasteiger partial charge in [-0.1, -0.05) is 30.3 Å². The summed E-state index contributed by atoms with van der Waals surface area (Å²) in [5.74, 6) is -1.39. The molecule has 2 aromatic rings. The molecule has 4 rings (SSSR count). The lowest BCUT2D eigenvalue weighted by molar-refractivity contribution is -0.137. The van der Waals surface area contributed by atoms with Crippen LogP contribution in [0.15, 0.2) is 54.6 Å². The molecule has 0 unspecified atom stereocenters. The van der Waals surface area contributed by atoms with Crippen molar-refractivity contribution in [3.05, 3.63) is 66.0 Å². The summed E-state index contributed by atoms with van der Waals surface area (Å²) in [6.07, 6.45) is 0.197. The second kappa shape index (κ2) is 8.03. The van der Waals surface area contributed by atoms with Gasteiger partial charge in [-0.15, -0.1) is 0 Å². The summed E-state index contributed by atoms with van der Waals surface area (Å²) in [7, 11) is 0. The lowest BCUT2D eigenvalue weighted by atomic mass is 10.1. The second-order valence-corrected chi connectivity index (χ2v) is 7.34. The summed E-state index contributed by atoms with van der Waals surface area (Å²) < 4.78 is 13.9. The number of para-hydroxylation sites is 1. The first-order chi connectivity index (χ1) is 14.0. The van der Waals surface area contributed by atoms with E-state index in [1.165, 1.54) is 12.1 Å². The van der Waals surface area contributed by atoms with Crippen LogP contribution in [-0.2, 0) is 9.59 Å². The molecule has 2 fully saturated rings. The predicted molar refractivity (Wildman–Crippen MR) is 106 cm³/mol. The molecule has 1 atom stereocenters. The van der Waals surface area contributed by atoms with Crippen LogP contribution < -0.4 is 4.90 Å². The van der Waals surface area contributed by atoms with E-state index in [4.69, 9.17) is 0 Å². The Kier molecular flexibility index (Phi) is 5.29. The Morgan fingerprint density at radius 3 is 2.17 bits per heavy atom. The van der Waals surface area contributed by atoms with Crippen molar-refractivity contribution in [3.63, 3.8) is 0 Å². The smallest absolute Gasteiger partial charge is 0.256 e. The van der Waals surface area contributed by atoms with Crippen molar-refractivity contribution in [2.75, 3.05) is 37.6 Å². The van der Waals surface area contributed by atoms with E-state index in [-0.39, 0.29) is 35.6 Å². The first kappa shape index (κ1) is 19.1. The molecule has 0 spiro atoms. The van der Waals surface area contributed by atoms with Crippen molar-refractivity contribution < 1.29 is 18.8 Å². The molecule has 2 aromatic carbocycles. The number of halogens is 1. The van der Waals surface area contributed by atoms with E-state index in [0.29, 0.717) is 32.7 Å². The Morgan fingerprint density at radius 2 is 1.48 bits per heavy atom. The van der Waals surface area contributed by atoms with Crippen LogP contribution in [0.2, 0.25) is 0 Å². The third kappa shape index (κ3) is 3.85. The van der Waals surface area contributed by atoms with Gasteiger partial charge >= 0.3 is 0 Å². The molecule has 29 heavy (non-hydrogen) atoms. The largest absolute Gasteiger partial charge is 0.339 e. The molecule has 2 heterocycles. The Labute approximate surface area is 168 Å². The maximum Gasteiger partial charge on any atom is 0.256 e. The van der Waals surface area contributed by atoms with Crippen LogP contribution in [0.1, 0.15) is 16.8 Å². The van der Waals surface area contributed by atoms with Crippen LogP contribution in [0.5, 0.6) is 0 Å². The normalized spacial score (nSPS) is 19.6. The van der Waals surface area contributed by atoms with E-state index < -0.39 is 5.82 Å². The fourth-order valence-corrected chi connectivity index (χ4v) is 3.92. The highest BCUT2D eigenvalue weighted by Crippen LogP contribution is 2.26. The molecular formula is C22H22FN3O3. The zero-order valence-electron chi connectivity index (χ0n) is 16.0. The van der Waals surface area contributed by atoms with Crippen molar-refractivity contribution in [1.82, 2.24) is 9.80 Å². The summed E-state index contributed by atoms with van der Waals surface area (Å²) in [5, 5.41) is 0. The third-order valence-electron chi connectivity index (χ3n) is 5.52. The maximum absolute atomic E-state index is 13.9. The molecule has 6 nitrogen and oxygen atoms in total. The Bertz CT molecular complexity index is 926. The third-order valence-corrected chi connectivity index (χ3v) is 5.52. The molecule has 7 heteroatoms. The lowest BCUT2D eigenvalue weighted by Gasteiger charge is -2.36. The minimum atomic E-state index is -0.540. The van der Waals surface area contributed by atoms with Gasteiger partial charge in [-0.3, -0.25) is 14.4 Å². The van der Waals surface area contributed by atoms with Gasteiger partial charge in [0.2, 0.25) is 11.8 Å². The van der Waals surface area contributed by atoms with Crippen molar-refractivity contribution in [1.29, 1.82) is 0 Å². The molecule has 3 amide bonds. The minimum absolute atomic E-state index is 0.0483. The molecule has 2 aliphatic rings. The highest BCUT2D eigenvalue weighted by atomic mass is 19.1. The number of rotatable bonds is 3. The van der Waals surface area contributed by atoms with Crippen LogP contribution in [0.4, 0.5) is 10.1 Å². The van der Waals surface area contributed by atoms with E-state index in [1.807, 2.05) is 30.3 Å². The average molecular weight is 395 g/mol. The van der Waals surface area contributed by atoms with E-state index in [1.54, 1.807) is 26.8 Å². The fraction of sp³-hybridized carbons (Fsp3) is 0.318. The number of benzene rings is 2. The molecule has 0 radical (unpaired) electrons. The van der Waals surface area contributed by atoms with Gasteiger partial charge in [0.05, 0.1) is 11.5 Å². The van der Waals surface area contributed by atoms with Crippen molar-refractivity contribution in [2.45, 2.75) is 6.42 Å². The zero-order chi connectivity index (χ0) is 20.4. The fourth-order valence-electron chi connectivity index (χ4n) is 3.92. The Balaban J connectivity index is 1.35. The SMILES string of the molecule is O=C(c1ccccc1F)N1CCN(C(=O)[C@@H]2CC(=O)N(c3ccccc3)C2)CC1. The van der Waals surface area contributed by atoms with Gasteiger partial charge in [0.25, 0.3) is 5.91 Å². The van der Waals surface area contributed by atoms with Gasteiger partial charge in [-0.05, 0) is 24.3 Å². The van der Waals surface area contributed by atoms with Gasteiger partial charge < -0.3 is 14.7 Å². The molecule has 0 bridgehead atoms. The van der Waals surface area contributed by atoms with Crippen molar-refractivity contribution in [3.8, 4) is 0 Å². The lowest BCUT2D eigenvalue weighted by Crippen LogP contribution is -2.52. The number of carbonyl (C=O) groups excluding carboxylic acids is 3. The summed E-state index contributed by atoms with van der Waals surface area (Å²) in [5.41, 5.74) is 0.847. The quantitative estimate of drug-likeness (QED) is 0.800. The van der Waals surface area contributed by atoms with E-state index in [2.05, 4.69) is 0 Å². The van der Waals surface area contributed by atoms with Gasteiger partial charge in [-0.2, -0.15) is 0 Å². The van der Waals surface area contributed by atoms with E-state index >= 15 is 0 Å². The van der Waals surface area contributed by atoms with Gasteiger partial charge in [0.15, 0.2) is 0 Å². The minimum Gasteiger partial charge on any atom is -0.339 e. The van der Waals surface area contributed by atoms with Gasteiger partial charge in [0, 0.05) is 44.8 Å². The molecule has 0 N–H and O–H groups in total. The highest BCUT2D eigenvalue weighted by molar-refractivity contribution is 6.00. The van der Waals surface area contributed by atoms with Crippen LogP contribution in [0.3, 0.4) is 0 Å². The Morgan fingerprint density at radius 1 is 0.862 bits per heavy atom. The van der Waals surface area contributed by atoms with Crippen molar-refractivity contribution >= 4 is 23.4 Å². The number of piperazine rings is 1. The molecule has 0 aromatic heterocycles. The van der Waals surface area contributed by atoms with Crippen LogP contribution in [0.25, 0.3) is 0 Å². The van der Waals surface area contributed by atoms with E-state index in [0.717, 1.165) is 5.69 Å². The van der Waals surface area contributed by atoms with Gasteiger partial charge in [0.1, 0.15) is 5.82 Å². The molecule has 2 aliphatic heterocycles. The molecule has 150 valence electrons. The second-order valence-electron chi connectivity index (χ2n) is 7.34. The first-order valence-electron chi connectivity index (χ1n) is 9.72. The highest BCUT2D eigenvalue weighted by Gasteiger charge is 2.38. The number of anilines is 1. The number of amides is 3. The summed E-state index contributed by atoms with van der Waals surface area (Å²) >= 11 is 0. The molecule has 0 saturated carbocycles. The predicted octanol–water partition coefficient (Wildman–Crippen LogP) is 2.16. The maximum atomic E-state index is 13.9. The standard InChI is InChI=1S/C22H22FN3O3/c23-19-9-5-4-8-18(19)22(29)25-12-10-24(11-13-25)21(28)16-14-20(27)26(15-16)17-6-2-1-3-7-17/h1-9,16H,10-15H2/t16-/m1/s1. The number of nitrogens with zero attached hydrogens (tertiary/aromatic N) is 3. The summed E-state index contributed by atoms with van der Waals surface area (Å²) in [6, 6.07) is 15.2. The number of hydrogen-bond donors (Lipinski definition) is 0. The molecular weight excluding hydrogens is 373 g/mol. The summed E-state index contributed by atoms with van der Waals surface area (Å²) in [4.78, 5) is 42.7. The zero-order valence-corrected chi connectivity index (χ0v) is 16.0. The van der Waals surface area contributed by atoms with Crippen molar-refractivity contribution in [2.24, 2.45) is 5.92 Å². The van der Waals surface area contributed by atoms with Gasteiger partial charge in [-0.25, -0.2) is 4.39 Å². The summed E-state index contributed by atoms with van der Waals surface area (Å²) in [6.45, 7) is 1.84. The number of hydrogen-bond acceptors (Lipinski definition) is 3.